The van der Waals surface area contributed by atoms with Crippen molar-refractivity contribution in [1.29, 1.82) is 0 Å². The van der Waals surface area contributed by atoms with Gasteiger partial charge in [-0.1, -0.05) is 18.2 Å². The van der Waals surface area contributed by atoms with Gasteiger partial charge < -0.3 is 25.1 Å². The molecule has 1 atom stereocenters. The van der Waals surface area contributed by atoms with Gasteiger partial charge in [-0.25, -0.2) is 8.42 Å². The number of guanidine groups is 1. The van der Waals surface area contributed by atoms with E-state index in [0.717, 1.165) is 70.2 Å². The predicted octanol–water partition coefficient (Wildman–Crippen LogP) is 1.44. The lowest BCUT2D eigenvalue weighted by molar-refractivity contribution is -0.139. The number of aliphatic imine (C=N–C) groups is 1. The van der Waals surface area contributed by atoms with E-state index in [0.29, 0.717) is 18.0 Å². The third-order valence-electron chi connectivity index (χ3n) is 7.45. The molecule has 1 amide bonds. The fourth-order valence-corrected chi connectivity index (χ4v) is 6.20. The Morgan fingerprint density at radius 1 is 1.02 bits per heavy atom. The van der Waals surface area contributed by atoms with E-state index in [-0.39, 0.29) is 17.3 Å². The van der Waals surface area contributed by atoms with E-state index in [1.807, 2.05) is 12.1 Å². The van der Waals surface area contributed by atoms with E-state index in [2.05, 4.69) is 24.8 Å². The van der Waals surface area contributed by atoms with Crippen molar-refractivity contribution in [3.05, 3.63) is 60.2 Å². The monoisotopic (exact) mass is 568 g/mol. The highest BCUT2D eigenvalue weighted by Gasteiger charge is 2.33. The van der Waals surface area contributed by atoms with Crippen LogP contribution >= 0.6 is 0 Å². The largest absolute Gasteiger partial charge is 0.480 e. The highest BCUT2D eigenvalue weighted by molar-refractivity contribution is 7.89. The number of sulfonamides is 1. The van der Waals surface area contributed by atoms with Crippen molar-refractivity contribution in [2.75, 3.05) is 57.3 Å². The minimum Gasteiger partial charge on any atom is -0.480 e. The van der Waals surface area contributed by atoms with E-state index in [1.165, 1.54) is 17.0 Å². The molecule has 214 valence electrons. The fraction of sp³-hybridized carbons (Fsp3) is 0.464. The number of amides is 1. The second kappa shape index (κ2) is 12.3. The number of carboxylic acid groups (broad SMARTS) is 1. The average Bonchev–Trinajstić information content (AvgIpc) is 3.81. The van der Waals surface area contributed by atoms with Crippen LogP contribution < -0.4 is 14.9 Å². The number of hydrogen-bond donors (Lipinski definition) is 3. The Balaban J connectivity index is 1.24. The maximum Gasteiger partial charge on any atom is 0.323 e. The molecule has 0 bridgehead atoms. The maximum absolute atomic E-state index is 13.5. The van der Waals surface area contributed by atoms with Gasteiger partial charge in [0.05, 0.1) is 4.90 Å². The molecule has 1 saturated heterocycles. The number of carbonyl (C=O) groups is 2. The Bertz CT molecular complexity index is 1320. The molecule has 1 saturated carbocycles. The van der Waals surface area contributed by atoms with Gasteiger partial charge in [-0.05, 0) is 61.6 Å². The Morgan fingerprint density at radius 2 is 1.70 bits per heavy atom. The summed E-state index contributed by atoms with van der Waals surface area (Å²) in [6.07, 6.45) is 2.99. The van der Waals surface area contributed by atoms with Gasteiger partial charge >= 0.3 is 5.97 Å². The van der Waals surface area contributed by atoms with Crippen LogP contribution in [0, 0.1) is 5.92 Å². The number of piperazine rings is 1. The number of nitrogens with zero attached hydrogens (tertiary/aromatic N) is 4. The molecule has 11 nitrogen and oxygen atoms in total. The molecule has 2 fully saturated rings. The third kappa shape index (κ3) is 6.92. The van der Waals surface area contributed by atoms with E-state index >= 15 is 0 Å². The number of rotatable bonds is 10. The van der Waals surface area contributed by atoms with E-state index < -0.39 is 22.0 Å². The van der Waals surface area contributed by atoms with Gasteiger partial charge in [0.15, 0.2) is 5.96 Å². The number of carbonyl (C=O) groups excluding carboxylic acids is 1. The number of nitrogens with one attached hydrogen (secondary N) is 2. The molecule has 1 aliphatic carbocycles. The summed E-state index contributed by atoms with van der Waals surface area (Å²) in [4.78, 5) is 36.2. The first kappa shape index (κ1) is 27.9. The predicted molar refractivity (Wildman–Crippen MR) is 152 cm³/mol. The zero-order chi connectivity index (χ0) is 28.1. The first-order chi connectivity index (χ1) is 19.3. The summed E-state index contributed by atoms with van der Waals surface area (Å²) in [5.41, 5.74) is 1.46. The van der Waals surface area contributed by atoms with Gasteiger partial charge in [0.1, 0.15) is 6.04 Å². The molecule has 0 aromatic heterocycles. The van der Waals surface area contributed by atoms with Gasteiger partial charge in [0.2, 0.25) is 10.0 Å². The summed E-state index contributed by atoms with van der Waals surface area (Å²) in [7, 11) is -4.07. The Hall–Kier alpha value is -3.64. The van der Waals surface area contributed by atoms with Crippen molar-refractivity contribution in [3.8, 4) is 0 Å². The number of aliphatic carboxylic acids is 1. The molecule has 0 radical (unpaired) electrons. The van der Waals surface area contributed by atoms with E-state index in [9.17, 15) is 23.1 Å². The molecule has 5 rings (SSSR count). The zero-order valence-corrected chi connectivity index (χ0v) is 23.2. The summed E-state index contributed by atoms with van der Waals surface area (Å²) < 4.78 is 27.9. The van der Waals surface area contributed by atoms with Gasteiger partial charge in [-0.2, -0.15) is 4.72 Å². The van der Waals surface area contributed by atoms with Gasteiger partial charge in [0.25, 0.3) is 5.91 Å². The standard InChI is InChI=1S/C28H36N6O5S/c35-26(22-9-11-23(12-10-22)32-15-17-33(18-16-32)28-29-13-4-14-30-28)34(19-21-7-8-21)20-25(27(36)37)31-40(38,39)24-5-2-1-3-6-24/h1-3,5-6,9-12,21,25,31H,4,7-8,13-20H2,(H,29,30)(H,36,37)/t25-/m0/s1. The molecule has 0 spiro atoms. The van der Waals surface area contributed by atoms with Crippen molar-refractivity contribution in [1.82, 2.24) is 19.8 Å². The summed E-state index contributed by atoms with van der Waals surface area (Å²) in [6.45, 7) is 5.33. The summed E-state index contributed by atoms with van der Waals surface area (Å²) in [6, 6.07) is 13.5. The third-order valence-corrected chi connectivity index (χ3v) is 8.94. The highest BCUT2D eigenvalue weighted by atomic mass is 32.2. The molecule has 0 unspecified atom stereocenters. The molecule has 2 aromatic carbocycles. The molecular weight excluding hydrogens is 532 g/mol. The molecular formula is C28H36N6O5S. The second-order valence-electron chi connectivity index (χ2n) is 10.5. The Morgan fingerprint density at radius 3 is 2.30 bits per heavy atom. The molecule has 2 aliphatic heterocycles. The van der Waals surface area contributed by atoms with Crippen LogP contribution in [0.2, 0.25) is 0 Å². The van der Waals surface area contributed by atoms with Crippen molar-refractivity contribution in [3.63, 3.8) is 0 Å². The molecule has 12 heteroatoms. The smallest absolute Gasteiger partial charge is 0.323 e. The van der Waals surface area contributed by atoms with Crippen LogP contribution in [0.5, 0.6) is 0 Å². The van der Waals surface area contributed by atoms with Crippen molar-refractivity contribution in [2.24, 2.45) is 10.9 Å². The number of carboxylic acids is 1. The quantitative estimate of drug-likeness (QED) is 0.392. The van der Waals surface area contributed by atoms with Crippen LogP contribution in [-0.2, 0) is 14.8 Å². The fourth-order valence-electron chi connectivity index (χ4n) is 5.00. The summed E-state index contributed by atoms with van der Waals surface area (Å²) in [5.74, 6) is -0.372. The van der Waals surface area contributed by atoms with E-state index in [4.69, 9.17) is 0 Å². The lowest BCUT2D eigenvalue weighted by Crippen LogP contribution is -2.53. The Kier molecular flexibility index (Phi) is 8.55. The van der Waals surface area contributed by atoms with Gasteiger partial charge in [-0.3, -0.25) is 14.6 Å². The molecule has 2 aromatic rings. The van der Waals surface area contributed by atoms with Crippen molar-refractivity contribution < 1.29 is 23.1 Å². The molecule has 3 aliphatic rings. The summed E-state index contributed by atoms with van der Waals surface area (Å²) >= 11 is 0. The number of anilines is 1. The number of hydrogen-bond acceptors (Lipinski definition) is 8. The first-order valence-electron chi connectivity index (χ1n) is 13.8. The molecule has 2 heterocycles. The lowest BCUT2D eigenvalue weighted by atomic mass is 10.1. The lowest BCUT2D eigenvalue weighted by Gasteiger charge is -2.38. The minimum absolute atomic E-state index is 0.0271. The minimum atomic E-state index is -4.07. The topological polar surface area (TPSA) is 135 Å². The van der Waals surface area contributed by atoms with Crippen LogP contribution in [0.3, 0.4) is 0 Å². The second-order valence-corrected chi connectivity index (χ2v) is 12.2. The highest BCUT2D eigenvalue weighted by Crippen LogP contribution is 2.30. The Labute approximate surface area is 234 Å². The molecule has 3 N–H and O–H groups in total. The zero-order valence-electron chi connectivity index (χ0n) is 22.4. The van der Waals surface area contributed by atoms with Gasteiger partial charge in [0, 0.05) is 63.6 Å². The maximum atomic E-state index is 13.5. The molecule has 40 heavy (non-hydrogen) atoms. The van der Waals surface area contributed by atoms with Crippen LogP contribution in [0.15, 0.2) is 64.5 Å². The van der Waals surface area contributed by atoms with Crippen LogP contribution in [0.4, 0.5) is 5.69 Å². The first-order valence-corrected chi connectivity index (χ1v) is 15.3. The normalized spacial score (nSPS) is 18.4. The van der Waals surface area contributed by atoms with Crippen molar-refractivity contribution in [2.45, 2.75) is 30.2 Å². The van der Waals surface area contributed by atoms with Gasteiger partial charge in [-0.15, -0.1) is 0 Å². The van der Waals surface area contributed by atoms with Crippen LogP contribution in [0.25, 0.3) is 0 Å². The van der Waals surface area contributed by atoms with Crippen LogP contribution in [-0.4, -0.2) is 99.6 Å². The number of benzene rings is 2. The van der Waals surface area contributed by atoms with E-state index in [1.54, 1.807) is 30.3 Å². The summed E-state index contributed by atoms with van der Waals surface area (Å²) in [5, 5.41) is 13.2. The van der Waals surface area contributed by atoms with Crippen LogP contribution in [0.1, 0.15) is 29.6 Å². The average molecular weight is 569 g/mol. The SMILES string of the molecule is O=C(O)[C@H](CN(CC1CC1)C(=O)c1ccc(N2CCN(C3=NCCCN3)CC2)cc1)NS(=O)(=O)c1ccccc1. The van der Waals surface area contributed by atoms with Crippen molar-refractivity contribution >= 4 is 33.5 Å².